The lowest BCUT2D eigenvalue weighted by molar-refractivity contribution is -0.0916. The summed E-state index contributed by atoms with van der Waals surface area (Å²) in [6.07, 6.45) is 3.12. The first-order chi connectivity index (χ1) is 8.51. The number of aliphatic hydroxyl groups is 1. The summed E-state index contributed by atoms with van der Waals surface area (Å²) in [5.74, 6) is 0. The van der Waals surface area contributed by atoms with Crippen LogP contribution in [0.4, 0.5) is 0 Å². The summed E-state index contributed by atoms with van der Waals surface area (Å²) in [5, 5.41) is 9.12. The Balaban J connectivity index is 3.80. The molecule has 4 atom stereocenters. The molecule has 0 bridgehead atoms. The van der Waals surface area contributed by atoms with Crippen LogP contribution >= 0.6 is 0 Å². The van der Waals surface area contributed by atoms with Crippen LogP contribution in [0.1, 0.15) is 47.0 Å². The molecule has 0 aliphatic heterocycles. The van der Waals surface area contributed by atoms with Crippen LogP contribution < -0.4 is 0 Å². The molecule has 0 radical (unpaired) electrons. The van der Waals surface area contributed by atoms with Crippen LogP contribution in [0, 0.1) is 0 Å². The Kier molecular flexibility index (Phi) is 10.6. The van der Waals surface area contributed by atoms with E-state index in [-0.39, 0.29) is 18.3 Å². The Labute approximate surface area is 112 Å². The minimum absolute atomic E-state index is 0.00858. The normalized spacial score (nSPS) is 18.3. The zero-order valence-corrected chi connectivity index (χ0v) is 12.5. The fraction of sp³-hybridized carbons (Fsp3) is 1.00. The Morgan fingerprint density at radius 1 is 1.06 bits per heavy atom. The first-order valence-electron chi connectivity index (χ1n) is 6.95. The van der Waals surface area contributed by atoms with Gasteiger partial charge in [-0.2, -0.15) is 0 Å². The van der Waals surface area contributed by atoms with Crippen LogP contribution in [0.25, 0.3) is 0 Å². The van der Waals surface area contributed by atoms with Gasteiger partial charge in [0.2, 0.25) is 0 Å². The van der Waals surface area contributed by atoms with Gasteiger partial charge < -0.3 is 19.3 Å². The van der Waals surface area contributed by atoms with Gasteiger partial charge in [0, 0.05) is 7.11 Å². The highest BCUT2D eigenvalue weighted by molar-refractivity contribution is 4.66. The van der Waals surface area contributed by atoms with Gasteiger partial charge in [0.05, 0.1) is 37.6 Å². The van der Waals surface area contributed by atoms with Crippen molar-refractivity contribution in [3.63, 3.8) is 0 Å². The van der Waals surface area contributed by atoms with Gasteiger partial charge in [0.15, 0.2) is 0 Å². The molecule has 0 aliphatic rings. The van der Waals surface area contributed by atoms with E-state index in [2.05, 4.69) is 6.92 Å². The van der Waals surface area contributed by atoms with Gasteiger partial charge in [-0.05, 0) is 27.2 Å². The number of aliphatic hydroxyl groups excluding tert-OH is 1. The number of hydrogen-bond acceptors (Lipinski definition) is 4. The van der Waals surface area contributed by atoms with Crippen molar-refractivity contribution in [3.8, 4) is 0 Å². The summed E-state index contributed by atoms with van der Waals surface area (Å²) in [6, 6.07) is 0. The molecule has 4 heteroatoms. The van der Waals surface area contributed by atoms with Crippen molar-refractivity contribution in [2.24, 2.45) is 0 Å². The smallest absolute Gasteiger partial charge is 0.0830 e. The fourth-order valence-corrected chi connectivity index (χ4v) is 1.70. The molecular weight excluding hydrogens is 232 g/mol. The molecule has 18 heavy (non-hydrogen) atoms. The molecule has 110 valence electrons. The Hall–Kier alpha value is -0.160. The Morgan fingerprint density at radius 2 is 1.72 bits per heavy atom. The van der Waals surface area contributed by atoms with E-state index in [9.17, 15) is 0 Å². The average Bonchev–Trinajstić information content (AvgIpc) is 2.34. The van der Waals surface area contributed by atoms with Crippen molar-refractivity contribution in [2.75, 3.05) is 20.3 Å². The number of rotatable bonds is 11. The summed E-state index contributed by atoms with van der Waals surface area (Å²) in [4.78, 5) is 0. The molecule has 0 aromatic heterocycles. The van der Waals surface area contributed by atoms with E-state index >= 15 is 0 Å². The summed E-state index contributed by atoms with van der Waals surface area (Å²) in [5.41, 5.74) is 0. The molecule has 1 N–H and O–H groups in total. The van der Waals surface area contributed by atoms with Gasteiger partial charge in [-0.25, -0.2) is 0 Å². The predicted octanol–water partition coefficient (Wildman–Crippen LogP) is 2.38. The van der Waals surface area contributed by atoms with Gasteiger partial charge in [-0.3, -0.25) is 0 Å². The maximum atomic E-state index is 9.12. The van der Waals surface area contributed by atoms with E-state index < -0.39 is 6.10 Å². The maximum Gasteiger partial charge on any atom is 0.0830 e. The molecule has 0 spiro atoms. The lowest BCUT2D eigenvalue weighted by Gasteiger charge is -2.24. The third-order valence-electron chi connectivity index (χ3n) is 2.88. The monoisotopic (exact) mass is 262 g/mol. The van der Waals surface area contributed by atoms with E-state index in [1.54, 1.807) is 14.0 Å². The SMILES string of the molecule is CCCCC(OC)C(C)OCC(C)OCC(C)O. The van der Waals surface area contributed by atoms with Crippen LogP contribution in [0.5, 0.6) is 0 Å². The van der Waals surface area contributed by atoms with Gasteiger partial charge in [0.25, 0.3) is 0 Å². The van der Waals surface area contributed by atoms with Gasteiger partial charge in [-0.15, -0.1) is 0 Å². The summed E-state index contributed by atoms with van der Waals surface area (Å²) in [7, 11) is 1.73. The maximum absolute atomic E-state index is 9.12. The second-order valence-electron chi connectivity index (χ2n) is 4.95. The van der Waals surface area contributed by atoms with E-state index in [4.69, 9.17) is 19.3 Å². The van der Waals surface area contributed by atoms with Crippen LogP contribution in [-0.4, -0.2) is 49.8 Å². The lowest BCUT2D eigenvalue weighted by Crippen LogP contribution is -2.31. The summed E-state index contributed by atoms with van der Waals surface area (Å²) < 4.78 is 16.6. The minimum Gasteiger partial charge on any atom is -0.391 e. The molecule has 0 fully saturated rings. The van der Waals surface area contributed by atoms with Crippen molar-refractivity contribution in [3.05, 3.63) is 0 Å². The van der Waals surface area contributed by atoms with Crippen LogP contribution in [-0.2, 0) is 14.2 Å². The molecule has 0 aromatic carbocycles. The van der Waals surface area contributed by atoms with Crippen molar-refractivity contribution in [2.45, 2.75) is 71.4 Å². The highest BCUT2D eigenvalue weighted by Gasteiger charge is 2.17. The second-order valence-corrected chi connectivity index (χ2v) is 4.95. The molecular formula is C14H30O4. The summed E-state index contributed by atoms with van der Waals surface area (Å²) >= 11 is 0. The first kappa shape index (κ1) is 17.8. The Bertz CT molecular complexity index is 185. The van der Waals surface area contributed by atoms with E-state index in [1.165, 1.54) is 6.42 Å². The lowest BCUT2D eigenvalue weighted by atomic mass is 10.1. The van der Waals surface area contributed by atoms with Crippen LogP contribution in [0.15, 0.2) is 0 Å². The van der Waals surface area contributed by atoms with Gasteiger partial charge >= 0.3 is 0 Å². The van der Waals surface area contributed by atoms with E-state index in [1.807, 2.05) is 13.8 Å². The fourth-order valence-electron chi connectivity index (χ4n) is 1.70. The molecule has 4 unspecified atom stereocenters. The number of hydrogen-bond donors (Lipinski definition) is 1. The molecule has 0 aliphatic carbocycles. The van der Waals surface area contributed by atoms with Crippen LogP contribution in [0.3, 0.4) is 0 Å². The molecule has 0 aromatic rings. The third-order valence-corrected chi connectivity index (χ3v) is 2.88. The molecule has 4 nitrogen and oxygen atoms in total. The van der Waals surface area contributed by atoms with Crippen molar-refractivity contribution in [1.29, 1.82) is 0 Å². The largest absolute Gasteiger partial charge is 0.391 e. The zero-order chi connectivity index (χ0) is 14.0. The standard InChI is InChI=1S/C14H30O4/c1-6-7-8-14(16-5)13(4)18-10-12(3)17-9-11(2)15/h11-15H,6-10H2,1-5H3. The molecule has 0 saturated heterocycles. The molecule has 0 rings (SSSR count). The first-order valence-corrected chi connectivity index (χ1v) is 6.95. The van der Waals surface area contributed by atoms with Gasteiger partial charge in [0.1, 0.15) is 0 Å². The predicted molar refractivity (Wildman–Crippen MR) is 72.8 cm³/mol. The van der Waals surface area contributed by atoms with Crippen molar-refractivity contribution >= 4 is 0 Å². The molecule has 0 heterocycles. The number of unbranched alkanes of at least 4 members (excludes halogenated alkanes) is 1. The average molecular weight is 262 g/mol. The highest BCUT2D eigenvalue weighted by Crippen LogP contribution is 2.12. The third kappa shape index (κ3) is 8.86. The van der Waals surface area contributed by atoms with Crippen molar-refractivity contribution < 1.29 is 19.3 Å². The van der Waals surface area contributed by atoms with Gasteiger partial charge in [-0.1, -0.05) is 19.8 Å². The molecule has 0 amide bonds. The van der Waals surface area contributed by atoms with E-state index in [0.29, 0.717) is 13.2 Å². The van der Waals surface area contributed by atoms with E-state index in [0.717, 1.165) is 12.8 Å². The summed E-state index contributed by atoms with van der Waals surface area (Å²) in [6.45, 7) is 8.74. The van der Waals surface area contributed by atoms with Crippen LogP contribution in [0.2, 0.25) is 0 Å². The zero-order valence-electron chi connectivity index (χ0n) is 12.5. The second kappa shape index (κ2) is 10.7. The number of ether oxygens (including phenoxy) is 3. The quantitative estimate of drug-likeness (QED) is 0.621. The Morgan fingerprint density at radius 3 is 2.22 bits per heavy atom. The molecule has 0 saturated carbocycles. The van der Waals surface area contributed by atoms with Crippen molar-refractivity contribution in [1.82, 2.24) is 0 Å². The topological polar surface area (TPSA) is 47.9 Å². The number of methoxy groups -OCH3 is 1. The minimum atomic E-state index is -0.429. The highest BCUT2D eigenvalue weighted by atomic mass is 16.6.